The standard InChI is InChI=1S/C17H22N2OS/c1-13-10-11-21-16(13)12-19(2)17(20)15(18)9-8-14-6-4-3-5-7-14/h3-7,10-11,15H,8-9,12,18H2,1-2H3/t15-/m0/s1. The van der Waals surface area contributed by atoms with E-state index < -0.39 is 6.04 Å². The van der Waals surface area contributed by atoms with E-state index in [0.717, 1.165) is 6.42 Å². The van der Waals surface area contributed by atoms with E-state index in [1.165, 1.54) is 16.0 Å². The molecular weight excluding hydrogens is 280 g/mol. The van der Waals surface area contributed by atoms with Gasteiger partial charge in [0.05, 0.1) is 12.6 Å². The van der Waals surface area contributed by atoms with Crippen LogP contribution < -0.4 is 5.73 Å². The molecule has 1 aromatic carbocycles. The Bertz CT molecular complexity index is 579. The average Bonchev–Trinajstić information content (AvgIpc) is 2.90. The number of carbonyl (C=O) groups is 1. The molecule has 0 saturated heterocycles. The lowest BCUT2D eigenvalue weighted by atomic mass is 10.0. The van der Waals surface area contributed by atoms with Gasteiger partial charge in [0.1, 0.15) is 0 Å². The molecule has 0 aliphatic heterocycles. The van der Waals surface area contributed by atoms with Crippen molar-refractivity contribution >= 4 is 17.2 Å². The van der Waals surface area contributed by atoms with Gasteiger partial charge >= 0.3 is 0 Å². The van der Waals surface area contributed by atoms with E-state index in [-0.39, 0.29) is 5.91 Å². The van der Waals surface area contributed by atoms with E-state index in [0.29, 0.717) is 13.0 Å². The molecule has 2 N–H and O–H groups in total. The molecule has 0 aliphatic carbocycles. The summed E-state index contributed by atoms with van der Waals surface area (Å²) in [6.45, 7) is 2.71. The quantitative estimate of drug-likeness (QED) is 0.891. The Morgan fingerprint density at radius 1 is 1.29 bits per heavy atom. The average molecular weight is 302 g/mol. The van der Waals surface area contributed by atoms with Crippen molar-refractivity contribution in [1.82, 2.24) is 4.90 Å². The highest BCUT2D eigenvalue weighted by Gasteiger charge is 2.18. The molecule has 0 aliphatic rings. The minimum Gasteiger partial charge on any atom is -0.339 e. The Morgan fingerprint density at radius 3 is 2.62 bits per heavy atom. The number of carbonyl (C=O) groups excluding carboxylic acids is 1. The molecule has 0 spiro atoms. The van der Waals surface area contributed by atoms with Crippen molar-refractivity contribution in [2.45, 2.75) is 32.4 Å². The monoisotopic (exact) mass is 302 g/mol. The Balaban J connectivity index is 1.85. The van der Waals surface area contributed by atoms with Crippen LogP contribution in [-0.4, -0.2) is 23.9 Å². The number of thiophene rings is 1. The van der Waals surface area contributed by atoms with Gasteiger partial charge in [0.2, 0.25) is 5.91 Å². The lowest BCUT2D eigenvalue weighted by molar-refractivity contribution is -0.131. The molecular formula is C17H22N2OS. The van der Waals surface area contributed by atoms with Gasteiger partial charge in [-0.3, -0.25) is 4.79 Å². The number of benzene rings is 1. The molecule has 0 unspecified atom stereocenters. The SMILES string of the molecule is Cc1ccsc1CN(C)C(=O)[C@@H](N)CCc1ccccc1. The molecule has 0 fully saturated rings. The maximum Gasteiger partial charge on any atom is 0.239 e. The van der Waals surface area contributed by atoms with Crippen molar-refractivity contribution in [3.05, 3.63) is 57.8 Å². The number of hydrogen-bond donors (Lipinski definition) is 1. The number of aryl methyl sites for hydroxylation is 2. The highest BCUT2D eigenvalue weighted by atomic mass is 32.1. The number of rotatable bonds is 6. The third kappa shape index (κ3) is 4.41. The van der Waals surface area contributed by atoms with Crippen LogP contribution in [0, 0.1) is 6.92 Å². The van der Waals surface area contributed by atoms with E-state index in [1.54, 1.807) is 16.2 Å². The summed E-state index contributed by atoms with van der Waals surface area (Å²) in [6.07, 6.45) is 1.51. The minimum atomic E-state index is -0.435. The summed E-state index contributed by atoms with van der Waals surface area (Å²) >= 11 is 1.68. The first-order valence-corrected chi connectivity index (χ1v) is 8.03. The predicted octanol–water partition coefficient (Wildman–Crippen LogP) is 2.98. The van der Waals surface area contributed by atoms with Crippen LogP contribution in [0.5, 0.6) is 0 Å². The molecule has 1 aromatic heterocycles. The second kappa shape index (κ2) is 7.38. The third-order valence-electron chi connectivity index (χ3n) is 3.63. The largest absolute Gasteiger partial charge is 0.339 e. The van der Waals surface area contributed by atoms with Crippen LogP contribution in [0.2, 0.25) is 0 Å². The van der Waals surface area contributed by atoms with Crippen molar-refractivity contribution in [3.8, 4) is 0 Å². The van der Waals surface area contributed by atoms with Crippen LogP contribution in [0.1, 0.15) is 22.4 Å². The predicted molar refractivity (Wildman–Crippen MR) is 88.3 cm³/mol. The molecule has 3 nitrogen and oxygen atoms in total. The lowest BCUT2D eigenvalue weighted by Gasteiger charge is -2.21. The summed E-state index contributed by atoms with van der Waals surface area (Å²) in [7, 11) is 1.82. The number of nitrogens with two attached hydrogens (primary N) is 1. The van der Waals surface area contributed by atoms with Crippen LogP contribution >= 0.6 is 11.3 Å². The second-order valence-corrected chi connectivity index (χ2v) is 6.35. The van der Waals surface area contributed by atoms with Gasteiger partial charge in [-0.15, -0.1) is 11.3 Å². The molecule has 0 radical (unpaired) electrons. The molecule has 2 rings (SSSR count). The highest BCUT2D eigenvalue weighted by Crippen LogP contribution is 2.17. The molecule has 1 heterocycles. The maximum atomic E-state index is 12.3. The highest BCUT2D eigenvalue weighted by molar-refractivity contribution is 7.10. The van der Waals surface area contributed by atoms with Gasteiger partial charge in [0, 0.05) is 11.9 Å². The summed E-state index contributed by atoms with van der Waals surface area (Å²) in [5, 5.41) is 2.05. The van der Waals surface area contributed by atoms with Gasteiger partial charge < -0.3 is 10.6 Å². The zero-order valence-electron chi connectivity index (χ0n) is 12.6. The van der Waals surface area contributed by atoms with Crippen LogP contribution in [0.15, 0.2) is 41.8 Å². The van der Waals surface area contributed by atoms with Crippen molar-refractivity contribution in [1.29, 1.82) is 0 Å². The third-order valence-corrected chi connectivity index (χ3v) is 4.64. The van der Waals surface area contributed by atoms with Crippen molar-refractivity contribution in [2.24, 2.45) is 5.73 Å². The van der Waals surface area contributed by atoms with E-state index in [1.807, 2.05) is 25.2 Å². The number of nitrogens with zero attached hydrogens (tertiary/aromatic N) is 1. The van der Waals surface area contributed by atoms with Gasteiger partial charge in [-0.2, -0.15) is 0 Å². The van der Waals surface area contributed by atoms with E-state index >= 15 is 0 Å². The normalized spacial score (nSPS) is 12.1. The number of hydrogen-bond acceptors (Lipinski definition) is 3. The van der Waals surface area contributed by atoms with Crippen LogP contribution in [0.25, 0.3) is 0 Å². The fourth-order valence-corrected chi connectivity index (χ4v) is 3.19. The smallest absolute Gasteiger partial charge is 0.239 e. The topological polar surface area (TPSA) is 46.3 Å². The fourth-order valence-electron chi connectivity index (χ4n) is 2.23. The van der Waals surface area contributed by atoms with E-state index in [4.69, 9.17) is 5.73 Å². The Hall–Kier alpha value is -1.65. The molecule has 0 saturated carbocycles. The minimum absolute atomic E-state index is 0.0127. The summed E-state index contributed by atoms with van der Waals surface area (Å²) < 4.78 is 0. The zero-order valence-corrected chi connectivity index (χ0v) is 13.4. The Morgan fingerprint density at radius 2 is 2.00 bits per heavy atom. The number of amides is 1. The zero-order chi connectivity index (χ0) is 15.2. The molecule has 4 heteroatoms. The van der Waals surface area contributed by atoms with Crippen LogP contribution in [0.4, 0.5) is 0 Å². The first kappa shape index (κ1) is 15.7. The molecule has 112 valence electrons. The number of likely N-dealkylation sites (N-methyl/N-ethyl adjacent to an activating group) is 1. The van der Waals surface area contributed by atoms with Gasteiger partial charge in [-0.25, -0.2) is 0 Å². The lowest BCUT2D eigenvalue weighted by Crippen LogP contribution is -2.41. The van der Waals surface area contributed by atoms with Gasteiger partial charge in [0.15, 0.2) is 0 Å². The summed E-state index contributed by atoms with van der Waals surface area (Å²) in [5.74, 6) is 0.0127. The molecule has 2 aromatic rings. The van der Waals surface area contributed by atoms with Crippen molar-refractivity contribution in [2.75, 3.05) is 7.05 Å². The molecule has 21 heavy (non-hydrogen) atoms. The fraction of sp³-hybridized carbons (Fsp3) is 0.353. The van der Waals surface area contributed by atoms with Crippen molar-refractivity contribution in [3.63, 3.8) is 0 Å². The van der Waals surface area contributed by atoms with Crippen LogP contribution in [0.3, 0.4) is 0 Å². The molecule has 1 atom stereocenters. The van der Waals surface area contributed by atoms with Crippen LogP contribution in [-0.2, 0) is 17.8 Å². The van der Waals surface area contributed by atoms with Crippen molar-refractivity contribution < 1.29 is 4.79 Å². The van der Waals surface area contributed by atoms with Gasteiger partial charge in [-0.05, 0) is 42.3 Å². The van der Waals surface area contributed by atoms with Gasteiger partial charge in [0.25, 0.3) is 0 Å². The maximum absolute atomic E-state index is 12.3. The summed E-state index contributed by atoms with van der Waals surface area (Å²) in [5.41, 5.74) is 8.50. The van der Waals surface area contributed by atoms with Gasteiger partial charge in [-0.1, -0.05) is 30.3 Å². The first-order valence-electron chi connectivity index (χ1n) is 7.15. The first-order chi connectivity index (χ1) is 10.1. The summed E-state index contributed by atoms with van der Waals surface area (Å²) in [4.78, 5) is 15.3. The van der Waals surface area contributed by atoms with E-state index in [9.17, 15) is 4.79 Å². The Labute approximate surface area is 130 Å². The van der Waals surface area contributed by atoms with E-state index in [2.05, 4.69) is 30.5 Å². The summed E-state index contributed by atoms with van der Waals surface area (Å²) in [6, 6.07) is 11.8. The molecule has 1 amide bonds. The molecule has 0 bridgehead atoms. The second-order valence-electron chi connectivity index (χ2n) is 5.35. The Kier molecular flexibility index (Phi) is 5.53.